The average molecular weight is 453 g/mol. The van der Waals surface area contributed by atoms with Gasteiger partial charge in [0.1, 0.15) is 0 Å². The fraction of sp³-hybridized carbons (Fsp3) is 0.591. The molecule has 178 valence electrons. The number of amides is 2. The van der Waals surface area contributed by atoms with Gasteiger partial charge in [-0.25, -0.2) is 0 Å². The standard InChI is InChI=1S/C22H31NO9/c1-27-20(24)6-8-28-10-12-30-14-16-32-17-15-31-13-11-29-9-7-23-21(25)18-4-2-3-5-19(18)22(23)26/h2-5H,6-17H2,1H3. The van der Waals surface area contributed by atoms with E-state index in [1.807, 2.05) is 0 Å². The summed E-state index contributed by atoms with van der Waals surface area (Å²) in [4.78, 5) is 36.5. The lowest BCUT2D eigenvalue weighted by atomic mass is 10.1. The molecule has 0 aromatic heterocycles. The number of esters is 1. The molecule has 0 unspecified atom stereocenters. The maximum Gasteiger partial charge on any atom is 0.307 e. The van der Waals surface area contributed by atoms with Crippen molar-refractivity contribution in [3.05, 3.63) is 35.4 Å². The summed E-state index contributed by atoms with van der Waals surface area (Å²) in [6.45, 7) is 4.15. The second-order valence-corrected chi connectivity index (χ2v) is 6.70. The molecule has 0 radical (unpaired) electrons. The second-order valence-electron chi connectivity index (χ2n) is 6.70. The quantitative estimate of drug-likeness (QED) is 0.182. The molecule has 2 amide bonds. The highest BCUT2D eigenvalue weighted by molar-refractivity contribution is 6.21. The molecule has 10 nitrogen and oxygen atoms in total. The van der Waals surface area contributed by atoms with Crippen molar-refractivity contribution in [2.24, 2.45) is 0 Å². The second kappa shape index (κ2) is 15.4. The monoisotopic (exact) mass is 453 g/mol. The minimum atomic E-state index is -0.297. The van der Waals surface area contributed by atoms with Crippen molar-refractivity contribution >= 4 is 17.8 Å². The molecule has 1 aliphatic rings. The Labute approximate surface area is 187 Å². The molecule has 2 rings (SSSR count). The van der Waals surface area contributed by atoms with E-state index in [1.165, 1.54) is 12.0 Å². The molecule has 10 heteroatoms. The zero-order valence-electron chi connectivity index (χ0n) is 18.4. The molecule has 0 fully saturated rings. The number of benzene rings is 1. The molecule has 0 atom stereocenters. The maximum absolute atomic E-state index is 12.2. The normalized spacial score (nSPS) is 13.0. The Morgan fingerprint density at radius 1 is 0.688 bits per heavy atom. The zero-order valence-corrected chi connectivity index (χ0v) is 18.4. The van der Waals surface area contributed by atoms with Crippen LogP contribution in [0.15, 0.2) is 24.3 Å². The van der Waals surface area contributed by atoms with Crippen molar-refractivity contribution in [3.8, 4) is 0 Å². The molecule has 0 N–H and O–H groups in total. The lowest BCUT2D eigenvalue weighted by Gasteiger charge is -2.13. The van der Waals surface area contributed by atoms with Gasteiger partial charge < -0.3 is 28.4 Å². The van der Waals surface area contributed by atoms with E-state index in [-0.39, 0.29) is 37.4 Å². The maximum atomic E-state index is 12.2. The highest BCUT2D eigenvalue weighted by Crippen LogP contribution is 2.21. The molecule has 1 aromatic rings. The van der Waals surface area contributed by atoms with Crippen molar-refractivity contribution in [1.29, 1.82) is 0 Å². The van der Waals surface area contributed by atoms with Crippen LogP contribution in [-0.2, 0) is 33.2 Å². The third-order valence-electron chi connectivity index (χ3n) is 4.50. The van der Waals surface area contributed by atoms with Crippen LogP contribution in [0, 0.1) is 0 Å². The first-order chi connectivity index (χ1) is 15.6. The van der Waals surface area contributed by atoms with Crippen LogP contribution in [0.3, 0.4) is 0 Å². The number of rotatable bonds is 18. The lowest BCUT2D eigenvalue weighted by molar-refractivity contribution is -0.141. The van der Waals surface area contributed by atoms with Gasteiger partial charge in [-0.3, -0.25) is 19.3 Å². The van der Waals surface area contributed by atoms with Gasteiger partial charge >= 0.3 is 5.97 Å². The Morgan fingerprint density at radius 3 is 1.53 bits per heavy atom. The molecule has 1 heterocycles. The van der Waals surface area contributed by atoms with Crippen molar-refractivity contribution in [2.75, 3.05) is 79.7 Å². The van der Waals surface area contributed by atoms with Crippen molar-refractivity contribution < 1.29 is 42.8 Å². The van der Waals surface area contributed by atoms with Gasteiger partial charge in [0.15, 0.2) is 0 Å². The first-order valence-electron chi connectivity index (χ1n) is 10.6. The molecular weight excluding hydrogens is 422 g/mol. The molecule has 1 aromatic carbocycles. The third-order valence-corrected chi connectivity index (χ3v) is 4.50. The topological polar surface area (TPSA) is 110 Å². The summed E-state index contributed by atoms with van der Waals surface area (Å²) in [7, 11) is 1.34. The predicted octanol–water partition coefficient (Wildman–Crippen LogP) is 0.929. The van der Waals surface area contributed by atoms with Crippen molar-refractivity contribution in [2.45, 2.75) is 6.42 Å². The molecule has 0 aliphatic carbocycles. The van der Waals surface area contributed by atoms with E-state index in [0.29, 0.717) is 70.6 Å². The Bertz CT molecular complexity index is 690. The van der Waals surface area contributed by atoms with E-state index >= 15 is 0 Å². The van der Waals surface area contributed by atoms with Crippen molar-refractivity contribution in [3.63, 3.8) is 0 Å². The zero-order chi connectivity index (χ0) is 23.0. The minimum Gasteiger partial charge on any atom is -0.469 e. The Morgan fingerprint density at radius 2 is 1.09 bits per heavy atom. The smallest absolute Gasteiger partial charge is 0.307 e. The highest BCUT2D eigenvalue weighted by Gasteiger charge is 2.34. The number of imide groups is 1. The van der Waals surface area contributed by atoms with Crippen LogP contribution in [0.4, 0.5) is 0 Å². The van der Waals surface area contributed by atoms with Gasteiger partial charge in [0, 0.05) is 0 Å². The number of carbonyl (C=O) groups is 3. The average Bonchev–Trinajstić information content (AvgIpc) is 3.05. The number of fused-ring (bicyclic) bond motifs is 1. The predicted molar refractivity (Wildman–Crippen MR) is 113 cm³/mol. The molecular formula is C22H31NO9. The Hall–Kier alpha value is -2.37. The van der Waals surface area contributed by atoms with Crippen LogP contribution in [0.25, 0.3) is 0 Å². The lowest BCUT2D eigenvalue weighted by Crippen LogP contribution is -2.33. The van der Waals surface area contributed by atoms with Gasteiger partial charge in [-0.2, -0.15) is 0 Å². The fourth-order valence-electron chi connectivity index (χ4n) is 2.84. The summed E-state index contributed by atoms with van der Waals surface area (Å²) in [5, 5.41) is 0. The summed E-state index contributed by atoms with van der Waals surface area (Å²) in [6, 6.07) is 6.79. The summed E-state index contributed by atoms with van der Waals surface area (Å²) in [5.41, 5.74) is 0.880. The van der Waals surface area contributed by atoms with Gasteiger partial charge in [-0.05, 0) is 12.1 Å². The molecule has 0 saturated carbocycles. The van der Waals surface area contributed by atoms with E-state index in [1.54, 1.807) is 24.3 Å². The molecule has 0 spiro atoms. The van der Waals surface area contributed by atoms with E-state index in [2.05, 4.69) is 4.74 Å². The Balaban J connectivity index is 1.33. The van der Waals surface area contributed by atoms with Crippen LogP contribution < -0.4 is 0 Å². The first-order valence-corrected chi connectivity index (χ1v) is 10.6. The van der Waals surface area contributed by atoms with Crippen LogP contribution in [0.1, 0.15) is 27.1 Å². The Kier molecular flexibility index (Phi) is 12.5. The highest BCUT2D eigenvalue weighted by atomic mass is 16.6. The van der Waals surface area contributed by atoms with Gasteiger partial charge in [-0.1, -0.05) is 12.1 Å². The van der Waals surface area contributed by atoms with Gasteiger partial charge in [-0.15, -0.1) is 0 Å². The summed E-state index contributed by atoms with van der Waals surface area (Å²) < 4.78 is 31.3. The van der Waals surface area contributed by atoms with E-state index < -0.39 is 0 Å². The fourth-order valence-corrected chi connectivity index (χ4v) is 2.84. The van der Waals surface area contributed by atoms with E-state index in [4.69, 9.17) is 23.7 Å². The van der Waals surface area contributed by atoms with Crippen LogP contribution >= 0.6 is 0 Å². The van der Waals surface area contributed by atoms with E-state index in [9.17, 15) is 14.4 Å². The molecule has 0 bridgehead atoms. The van der Waals surface area contributed by atoms with Crippen molar-refractivity contribution in [1.82, 2.24) is 4.90 Å². The number of nitrogens with zero attached hydrogens (tertiary/aromatic N) is 1. The van der Waals surface area contributed by atoms with Gasteiger partial charge in [0.05, 0.1) is 97.3 Å². The summed E-state index contributed by atoms with van der Waals surface area (Å²) in [5.74, 6) is -0.857. The van der Waals surface area contributed by atoms with E-state index in [0.717, 1.165) is 0 Å². The SMILES string of the molecule is COC(=O)CCOCCOCCOCCOCCOCCN1C(=O)c2ccccc2C1=O. The largest absolute Gasteiger partial charge is 0.469 e. The van der Waals surface area contributed by atoms with Crippen LogP contribution in [-0.4, -0.2) is 102 Å². The van der Waals surface area contributed by atoms with Crippen LogP contribution in [0.5, 0.6) is 0 Å². The summed E-state index contributed by atoms with van der Waals surface area (Å²) in [6.07, 6.45) is 0.233. The molecule has 32 heavy (non-hydrogen) atoms. The first kappa shape index (κ1) is 25.9. The number of ether oxygens (including phenoxy) is 6. The number of methoxy groups -OCH3 is 1. The third kappa shape index (κ3) is 9.01. The number of hydrogen-bond donors (Lipinski definition) is 0. The van der Waals surface area contributed by atoms with Gasteiger partial charge in [0.2, 0.25) is 0 Å². The molecule has 1 aliphatic heterocycles. The molecule has 0 saturated heterocycles. The summed E-state index contributed by atoms with van der Waals surface area (Å²) >= 11 is 0. The van der Waals surface area contributed by atoms with Gasteiger partial charge in [0.25, 0.3) is 11.8 Å². The number of hydrogen-bond acceptors (Lipinski definition) is 9. The van der Waals surface area contributed by atoms with Crippen LogP contribution in [0.2, 0.25) is 0 Å². The minimum absolute atomic E-state index is 0.214. The number of carbonyl (C=O) groups excluding carboxylic acids is 3.